The molecule has 0 bridgehead atoms. The molecule has 1 atom stereocenters. The molecule has 0 fully saturated rings. The van der Waals surface area contributed by atoms with E-state index in [-0.39, 0.29) is 14.9 Å². The highest BCUT2D eigenvalue weighted by atomic mass is 79.9. The molecule has 0 heterocycles. The second-order valence-electron chi connectivity index (χ2n) is 3.92. The second kappa shape index (κ2) is 6.37. The molecule has 0 saturated heterocycles. The fourth-order valence-electron chi connectivity index (χ4n) is 1.68. The van der Waals surface area contributed by atoms with Gasteiger partial charge in [-0.25, -0.2) is 8.78 Å². The van der Waals surface area contributed by atoms with Crippen molar-refractivity contribution < 1.29 is 8.78 Å². The van der Waals surface area contributed by atoms with Crippen LogP contribution in [0.15, 0.2) is 45.8 Å². The van der Waals surface area contributed by atoms with Crippen molar-refractivity contribution in [3.8, 4) is 0 Å². The molecule has 2 aromatic rings. The predicted octanol–water partition coefficient (Wildman–Crippen LogP) is 5.93. The summed E-state index contributed by atoms with van der Waals surface area (Å²) < 4.78 is 27.5. The van der Waals surface area contributed by atoms with Gasteiger partial charge in [0.1, 0.15) is 11.6 Å². The van der Waals surface area contributed by atoms with Gasteiger partial charge in [-0.3, -0.25) is 0 Å². The largest absolute Gasteiger partial charge is 0.207 e. The maximum absolute atomic E-state index is 13.9. The van der Waals surface area contributed by atoms with E-state index in [1.165, 1.54) is 6.07 Å². The van der Waals surface area contributed by atoms with Gasteiger partial charge in [0.2, 0.25) is 0 Å². The van der Waals surface area contributed by atoms with Crippen molar-refractivity contribution in [2.24, 2.45) is 0 Å². The van der Waals surface area contributed by atoms with Crippen molar-refractivity contribution in [2.75, 3.05) is 6.26 Å². The molecule has 0 spiro atoms. The van der Waals surface area contributed by atoms with Crippen molar-refractivity contribution in [3.05, 3.63) is 63.6 Å². The van der Waals surface area contributed by atoms with Crippen molar-refractivity contribution >= 4 is 43.6 Å². The molecular weight excluding hydrogens is 398 g/mol. The number of benzene rings is 2. The minimum atomic E-state index is -0.471. The zero-order chi connectivity index (χ0) is 14.0. The first-order chi connectivity index (χ1) is 9.02. The third-order valence-electron chi connectivity index (χ3n) is 2.72. The van der Waals surface area contributed by atoms with Crippen molar-refractivity contribution in [3.63, 3.8) is 0 Å². The van der Waals surface area contributed by atoms with Gasteiger partial charge >= 0.3 is 0 Å². The van der Waals surface area contributed by atoms with E-state index in [1.807, 2.05) is 30.5 Å². The van der Waals surface area contributed by atoms with Crippen LogP contribution in [0.3, 0.4) is 0 Å². The van der Waals surface area contributed by atoms with Gasteiger partial charge in [-0.2, -0.15) is 0 Å². The Morgan fingerprint density at radius 2 is 1.68 bits per heavy atom. The van der Waals surface area contributed by atoms with E-state index in [9.17, 15) is 8.78 Å². The lowest BCUT2D eigenvalue weighted by Gasteiger charge is -2.13. The van der Waals surface area contributed by atoms with E-state index >= 15 is 0 Å². The van der Waals surface area contributed by atoms with Crippen LogP contribution < -0.4 is 0 Å². The molecule has 100 valence electrons. The van der Waals surface area contributed by atoms with Crippen LogP contribution in [0.25, 0.3) is 0 Å². The third-order valence-corrected chi connectivity index (χ3v) is 5.09. The molecule has 19 heavy (non-hydrogen) atoms. The summed E-state index contributed by atoms with van der Waals surface area (Å²) >= 11 is 8.03. The molecule has 0 saturated carbocycles. The Morgan fingerprint density at radius 3 is 2.26 bits per heavy atom. The van der Waals surface area contributed by atoms with E-state index < -0.39 is 11.6 Å². The SMILES string of the molecule is CSc1ccc(C(Br)c2cc(F)c(Br)cc2F)cc1. The molecule has 0 aromatic heterocycles. The third kappa shape index (κ3) is 3.38. The average molecular weight is 408 g/mol. The monoisotopic (exact) mass is 406 g/mol. The summed E-state index contributed by atoms with van der Waals surface area (Å²) in [5.41, 5.74) is 1.18. The van der Waals surface area contributed by atoms with E-state index in [0.717, 1.165) is 16.5 Å². The summed E-state index contributed by atoms with van der Waals surface area (Å²) in [6.45, 7) is 0. The Bertz CT molecular complexity index is 585. The highest BCUT2D eigenvalue weighted by molar-refractivity contribution is 9.10. The zero-order valence-electron chi connectivity index (χ0n) is 9.96. The summed E-state index contributed by atoms with van der Waals surface area (Å²) in [7, 11) is 0. The van der Waals surface area contributed by atoms with Crippen LogP contribution in [-0.2, 0) is 0 Å². The fraction of sp³-hybridized carbons (Fsp3) is 0.143. The maximum Gasteiger partial charge on any atom is 0.137 e. The molecule has 1 unspecified atom stereocenters. The average Bonchev–Trinajstić information content (AvgIpc) is 2.42. The molecule has 5 heteroatoms. The van der Waals surface area contributed by atoms with Crippen LogP contribution in [0, 0.1) is 11.6 Å². The molecule has 0 radical (unpaired) electrons. The van der Waals surface area contributed by atoms with E-state index in [1.54, 1.807) is 11.8 Å². The lowest BCUT2D eigenvalue weighted by molar-refractivity contribution is 0.583. The molecule has 0 aliphatic rings. The number of thioether (sulfide) groups is 1. The molecule has 0 aliphatic heterocycles. The highest BCUT2D eigenvalue weighted by Crippen LogP contribution is 2.35. The first-order valence-corrected chi connectivity index (χ1v) is 8.38. The molecule has 2 aromatic carbocycles. The van der Waals surface area contributed by atoms with E-state index in [2.05, 4.69) is 31.9 Å². The van der Waals surface area contributed by atoms with E-state index in [0.29, 0.717) is 0 Å². The molecule has 0 N–H and O–H groups in total. The molecule has 0 nitrogen and oxygen atoms in total. The van der Waals surface area contributed by atoms with E-state index in [4.69, 9.17) is 0 Å². The van der Waals surface area contributed by atoms with Crippen molar-refractivity contribution in [1.29, 1.82) is 0 Å². The topological polar surface area (TPSA) is 0 Å². The van der Waals surface area contributed by atoms with Gasteiger partial charge in [0.05, 0.1) is 9.30 Å². The first-order valence-electron chi connectivity index (χ1n) is 5.45. The Labute approximate surface area is 131 Å². The Balaban J connectivity index is 2.37. The van der Waals surface area contributed by atoms with Crippen LogP contribution in [-0.4, -0.2) is 6.26 Å². The van der Waals surface area contributed by atoms with Crippen LogP contribution >= 0.6 is 43.6 Å². The molecular formula is C14H10Br2F2S. The Hall–Kier alpha value is -0.390. The van der Waals surface area contributed by atoms with Gasteiger partial charge in [-0.1, -0.05) is 28.1 Å². The van der Waals surface area contributed by atoms with Gasteiger partial charge in [0, 0.05) is 10.5 Å². The summed E-state index contributed by atoms with van der Waals surface area (Å²) in [5.74, 6) is -0.911. The van der Waals surface area contributed by atoms with Crippen LogP contribution in [0.1, 0.15) is 16.0 Å². The van der Waals surface area contributed by atoms with Crippen molar-refractivity contribution in [2.45, 2.75) is 9.72 Å². The first kappa shape index (κ1) is 15.0. The molecule has 2 rings (SSSR count). The number of rotatable bonds is 3. The zero-order valence-corrected chi connectivity index (χ0v) is 14.0. The maximum atomic E-state index is 13.9. The minimum absolute atomic E-state index is 0.131. The van der Waals surface area contributed by atoms with Gasteiger partial charge in [0.25, 0.3) is 0 Å². The van der Waals surface area contributed by atoms with Gasteiger partial charge in [-0.05, 0) is 52.0 Å². The van der Waals surface area contributed by atoms with Crippen LogP contribution in [0.4, 0.5) is 8.78 Å². The smallest absolute Gasteiger partial charge is 0.137 e. The van der Waals surface area contributed by atoms with Crippen LogP contribution in [0.5, 0.6) is 0 Å². The normalized spacial score (nSPS) is 12.5. The standard InChI is InChI=1S/C14H10Br2F2S/c1-19-9-4-2-8(3-5-9)14(16)10-6-13(18)11(15)7-12(10)17/h2-7,14H,1H3. The van der Waals surface area contributed by atoms with Gasteiger partial charge in [0.15, 0.2) is 0 Å². The lowest BCUT2D eigenvalue weighted by atomic mass is 10.0. The summed E-state index contributed by atoms with van der Waals surface area (Å²) in [4.78, 5) is 0.761. The van der Waals surface area contributed by atoms with Crippen molar-refractivity contribution in [1.82, 2.24) is 0 Å². The van der Waals surface area contributed by atoms with Gasteiger partial charge < -0.3 is 0 Å². The minimum Gasteiger partial charge on any atom is -0.207 e. The Kier molecular flexibility index (Phi) is 5.03. The number of alkyl halides is 1. The number of hydrogen-bond acceptors (Lipinski definition) is 1. The summed E-state index contributed by atoms with van der Waals surface area (Å²) in [6.07, 6.45) is 1.99. The van der Waals surface area contributed by atoms with Crippen LogP contribution in [0.2, 0.25) is 0 Å². The quantitative estimate of drug-likeness (QED) is 0.345. The Morgan fingerprint density at radius 1 is 1.05 bits per heavy atom. The van der Waals surface area contributed by atoms with Gasteiger partial charge in [-0.15, -0.1) is 11.8 Å². The lowest BCUT2D eigenvalue weighted by Crippen LogP contribution is -1.98. The summed E-state index contributed by atoms with van der Waals surface area (Å²) in [5, 5.41) is 0. The summed E-state index contributed by atoms with van der Waals surface area (Å²) in [6, 6.07) is 10.1. The number of hydrogen-bond donors (Lipinski definition) is 0. The highest BCUT2D eigenvalue weighted by Gasteiger charge is 2.17. The fourth-order valence-corrected chi connectivity index (χ4v) is 3.06. The second-order valence-corrected chi connectivity index (χ2v) is 6.57. The molecule has 0 amide bonds. The predicted molar refractivity (Wildman–Crippen MR) is 83.1 cm³/mol. The number of halogens is 4. The molecule has 0 aliphatic carbocycles.